The van der Waals surface area contributed by atoms with Gasteiger partial charge in [-0.1, -0.05) is 6.58 Å². The van der Waals surface area contributed by atoms with E-state index in [1.165, 1.54) is 10.7 Å². The minimum absolute atomic E-state index is 0.192. The number of benzene rings is 2. The van der Waals surface area contributed by atoms with Gasteiger partial charge in [0, 0.05) is 79.5 Å². The van der Waals surface area contributed by atoms with Crippen LogP contribution in [0.5, 0.6) is 6.01 Å². The highest BCUT2D eigenvalue weighted by Crippen LogP contribution is 2.31. The summed E-state index contributed by atoms with van der Waals surface area (Å²) in [6.07, 6.45) is 3.41. The quantitative estimate of drug-likeness (QED) is 0.353. The highest BCUT2D eigenvalue weighted by atomic mass is 19.1. The number of morpholine rings is 1. The van der Waals surface area contributed by atoms with Crippen LogP contribution >= 0.6 is 0 Å². The Morgan fingerprint density at radius 2 is 2.10 bits per heavy atom. The zero-order valence-electron chi connectivity index (χ0n) is 23.2. The second-order valence-electron chi connectivity index (χ2n) is 10.5. The Hall–Kier alpha value is -4.29. The number of nitrogens with one attached hydrogen (secondary N) is 2. The molecular weight excluding hydrogens is 527 g/mol. The molecule has 2 fully saturated rings. The van der Waals surface area contributed by atoms with E-state index in [4.69, 9.17) is 14.5 Å². The number of fused-ring (bicyclic) bond motifs is 2. The maximum Gasteiger partial charge on any atom is 0.316 e. The zero-order valence-corrected chi connectivity index (χ0v) is 23.2. The van der Waals surface area contributed by atoms with Gasteiger partial charge in [-0.05, 0) is 31.2 Å². The van der Waals surface area contributed by atoms with E-state index in [0.717, 1.165) is 37.6 Å². The zero-order chi connectivity index (χ0) is 28.5. The summed E-state index contributed by atoms with van der Waals surface area (Å²) in [4.78, 5) is 27.2. The number of halogens is 1. The molecule has 1 atom stereocenters. The molecule has 12 heteroatoms. The minimum atomic E-state index is -0.509. The molecule has 2 N–H and O–H groups in total. The van der Waals surface area contributed by atoms with Crippen molar-refractivity contribution in [3.63, 3.8) is 0 Å². The van der Waals surface area contributed by atoms with Crippen molar-refractivity contribution in [1.29, 1.82) is 0 Å². The molecule has 0 radical (unpaired) electrons. The van der Waals surface area contributed by atoms with Crippen LogP contribution in [0.1, 0.15) is 17.3 Å². The van der Waals surface area contributed by atoms with E-state index in [1.54, 1.807) is 31.6 Å². The standard InChI is InChI=1S/C29H33FN8O3/c1-18-15-38(16-19(2)32-18)25-5-4-22(28(39)33-21-12-20-17-36(3)35-26(20)24(30)13-21)27-23(25)14-31-29(34-27)41-11-8-37-6-9-40-10-7-37/h4-5,12-14,17,19,32H,1,6-11,15-16H2,2-3H3,(H,33,39)/t19-/m0/s1. The van der Waals surface area contributed by atoms with E-state index >= 15 is 0 Å². The SMILES string of the molecule is C=C1CN(c2ccc(C(=O)Nc3cc(F)c4nn(C)cc4c3)c3nc(OCCN4CCOCC4)ncc23)C[C@H](C)N1. The van der Waals surface area contributed by atoms with Crippen molar-refractivity contribution in [2.45, 2.75) is 13.0 Å². The molecule has 4 heterocycles. The van der Waals surface area contributed by atoms with Crippen molar-refractivity contribution >= 4 is 39.1 Å². The van der Waals surface area contributed by atoms with E-state index in [0.29, 0.717) is 53.9 Å². The number of hydrogen-bond donors (Lipinski definition) is 2. The van der Waals surface area contributed by atoms with Gasteiger partial charge in [-0.15, -0.1) is 0 Å². The molecule has 0 spiro atoms. The summed E-state index contributed by atoms with van der Waals surface area (Å²) in [5.74, 6) is -0.926. The number of carbonyl (C=O) groups is 1. The number of aromatic nitrogens is 4. The lowest BCUT2D eigenvalue weighted by Crippen LogP contribution is -2.47. The summed E-state index contributed by atoms with van der Waals surface area (Å²) in [5, 5.41) is 11.6. The fourth-order valence-corrected chi connectivity index (χ4v) is 5.44. The molecule has 0 unspecified atom stereocenters. The van der Waals surface area contributed by atoms with Crippen LogP contribution in [0.15, 0.2) is 48.9 Å². The Labute approximate surface area is 236 Å². The van der Waals surface area contributed by atoms with Crippen LogP contribution < -0.4 is 20.3 Å². The summed E-state index contributed by atoms with van der Waals surface area (Å²) >= 11 is 0. The lowest BCUT2D eigenvalue weighted by molar-refractivity contribution is 0.0317. The van der Waals surface area contributed by atoms with Gasteiger partial charge in [0.1, 0.15) is 12.1 Å². The second kappa shape index (κ2) is 11.3. The molecule has 4 aromatic rings. The van der Waals surface area contributed by atoms with Gasteiger partial charge in [0.05, 0.1) is 30.8 Å². The van der Waals surface area contributed by atoms with Crippen molar-refractivity contribution in [3.8, 4) is 6.01 Å². The third-order valence-corrected chi connectivity index (χ3v) is 7.29. The first kappa shape index (κ1) is 26.9. The molecule has 2 saturated heterocycles. The van der Waals surface area contributed by atoms with Gasteiger partial charge < -0.3 is 25.0 Å². The molecule has 2 aliphatic rings. The van der Waals surface area contributed by atoms with Crippen LogP contribution in [-0.2, 0) is 11.8 Å². The molecule has 0 saturated carbocycles. The molecule has 41 heavy (non-hydrogen) atoms. The van der Waals surface area contributed by atoms with Crippen molar-refractivity contribution in [2.75, 3.05) is 62.8 Å². The largest absolute Gasteiger partial charge is 0.462 e. The van der Waals surface area contributed by atoms with Crippen LogP contribution in [0.4, 0.5) is 15.8 Å². The predicted octanol–water partition coefficient (Wildman–Crippen LogP) is 2.93. The number of aryl methyl sites for hydroxylation is 1. The van der Waals surface area contributed by atoms with E-state index in [9.17, 15) is 9.18 Å². The van der Waals surface area contributed by atoms with Crippen molar-refractivity contribution in [3.05, 3.63) is 60.3 Å². The first-order valence-corrected chi connectivity index (χ1v) is 13.7. The topological polar surface area (TPSA) is 110 Å². The third-order valence-electron chi connectivity index (χ3n) is 7.29. The lowest BCUT2D eigenvalue weighted by Gasteiger charge is -2.36. The summed E-state index contributed by atoms with van der Waals surface area (Å²) < 4.78 is 27.6. The summed E-state index contributed by atoms with van der Waals surface area (Å²) in [7, 11) is 1.72. The number of amides is 1. The van der Waals surface area contributed by atoms with Crippen molar-refractivity contribution in [2.24, 2.45) is 7.05 Å². The smallest absolute Gasteiger partial charge is 0.316 e. The number of hydrogen-bond acceptors (Lipinski definition) is 9. The average Bonchev–Trinajstić information content (AvgIpc) is 3.33. The number of nitrogens with zero attached hydrogens (tertiary/aromatic N) is 6. The average molecular weight is 561 g/mol. The highest BCUT2D eigenvalue weighted by Gasteiger charge is 2.23. The number of piperazine rings is 1. The minimum Gasteiger partial charge on any atom is -0.462 e. The number of anilines is 2. The second-order valence-corrected chi connectivity index (χ2v) is 10.5. The molecule has 214 valence electrons. The third kappa shape index (κ3) is 5.79. The van der Waals surface area contributed by atoms with Crippen LogP contribution in [-0.4, -0.2) is 89.1 Å². The fraction of sp³-hybridized carbons (Fsp3) is 0.379. The summed E-state index contributed by atoms with van der Waals surface area (Å²) in [5.41, 5.74) is 3.17. The van der Waals surface area contributed by atoms with Gasteiger partial charge in [-0.25, -0.2) is 9.37 Å². The summed E-state index contributed by atoms with van der Waals surface area (Å²) in [6, 6.07) is 7.00. The first-order chi connectivity index (χ1) is 19.8. The van der Waals surface area contributed by atoms with Gasteiger partial charge in [0.15, 0.2) is 5.82 Å². The molecule has 2 aliphatic heterocycles. The van der Waals surface area contributed by atoms with Gasteiger partial charge >= 0.3 is 6.01 Å². The normalized spacial score (nSPS) is 18.1. The number of carbonyl (C=O) groups excluding carboxylic acids is 1. The fourth-order valence-electron chi connectivity index (χ4n) is 5.44. The molecule has 2 aromatic carbocycles. The Kier molecular flexibility index (Phi) is 7.41. The van der Waals surface area contributed by atoms with E-state index in [2.05, 4.69) is 44.0 Å². The molecule has 0 aliphatic carbocycles. The predicted molar refractivity (Wildman–Crippen MR) is 155 cm³/mol. The van der Waals surface area contributed by atoms with E-state index in [-0.39, 0.29) is 17.6 Å². The van der Waals surface area contributed by atoms with E-state index in [1.807, 2.05) is 6.07 Å². The molecule has 0 bridgehead atoms. The van der Waals surface area contributed by atoms with E-state index < -0.39 is 11.7 Å². The van der Waals surface area contributed by atoms with Crippen LogP contribution in [0.25, 0.3) is 21.8 Å². The Morgan fingerprint density at radius 3 is 2.90 bits per heavy atom. The Balaban J connectivity index is 1.32. The molecular formula is C29H33FN8O3. The lowest BCUT2D eigenvalue weighted by atomic mass is 10.1. The molecule has 1 amide bonds. The van der Waals surface area contributed by atoms with Gasteiger partial charge in [-0.3, -0.25) is 14.4 Å². The van der Waals surface area contributed by atoms with Crippen LogP contribution in [0.2, 0.25) is 0 Å². The Morgan fingerprint density at radius 1 is 1.27 bits per heavy atom. The van der Waals surface area contributed by atoms with Gasteiger partial charge in [-0.2, -0.15) is 10.1 Å². The van der Waals surface area contributed by atoms with Gasteiger partial charge in [0.25, 0.3) is 5.91 Å². The molecule has 11 nitrogen and oxygen atoms in total. The number of ether oxygens (including phenoxy) is 2. The molecule has 2 aromatic heterocycles. The highest BCUT2D eigenvalue weighted by molar-refractivity contribution is 6.14. The van der Waals surface area contributed by atoms with Crippen molar-refractivity contribution < 1.29 is 18.7 Å². The molecule has 6 rings (SSSR count). The monoisotopic (exact) mass is 560 g/mol. The Bertz CT molecular complexity index is 1620. The van der Waals surface area contributed by atoms with Crippen molar-refractivity contribution in [1.82, 2.24) is 30.0 Å². The van der Waals surface area contributed by atoms with Crippen LogP contribution in [0.3, 0.4) is 0 Å². The maximum atomic E-state index is 14.7. The summed E-state index contributed by atoms with van der Waals surface area (Å²) in [6.45, 7) is 11.8. The first-order valence-electron chi connectivity index (χ1n) is 13.7. The maximum absolute atomic E-state index is 14.7. The number of rotatable bonds is 7. The van der Waals surface area contributed by atoms with Gasteiger partial charge in [0.2, 0.25) is 0 Å². The van der Waals surface area contributed by atoms with Crippen LogP contribution in [0, 0.1) is 5.82 Å².